The molecule has 0 atom stereocenters. The van der Waals surface area contributed by atoms with Crippen LogP contribution in [-0.2, 0) is 6.54 Å². The highest BCUT2D eigenvalue weighted by molar-refractivity contribution is 5.92. The molecule has 2 heterocycles. The summed E-state index contributed by atoms with van der Waals surface area (Å²) in [6.07, 6.45) is 0. The van der Waals surface area contributed by atoms with Crippen molar-refractivity contribution < 1.29 is 4.79 Å². The highest BCUT2D eigenvalue weighted by Crippen LogP contribution is 2.23. The first kappa shape index (κ1) is 19.9. The van der Waals surface area contributed by atoms with E-state index in [1.54, 1.807) is 0 Å². The second-order valence-corrected chi connectivity index (χ2v) is 7.77. The number of nitrogens with zero attached hydrogens (tertiary/aromatic N) is 4. The van der Waals surface area contributed by atoms with Crippen molar-refractivity contribution >= 4 is 11.6 Å². The molecule has 1 aliphatic heterocycles. The van der Waals surface area contributed by atoms with Gasteiger partial charge in [-0.05, 0) is 42.7 Å². The minimum absolute atomic E-state index is 0.127. The normalized spacial score (nSPS) is 14.1. The standard InChI is InChI=1S/C24H26N4O2/c1-18-8-9-19(2)22(16-18)26-12-14-27(15-13-26)24(30)21-10-11-23(29)28(25-21)17-20-6-4-3-5-7-20/h3-11,16H,12-15,17H2,1-2H3. The van der Waals surface area contributed by atoms with Gasteiger partial charge in [-0.15, -0.1) is 0 Å². The van der Waals surface area contributed by atoms with E-state index in [2.05, 4.69) is 42.0 Å². The number of carbonyl (C=O) groups excluding carboxylic acids is 1. The number of aromatic nitrogens is 2. The number of anilines is 1. The van der Waals surface area contributed by atoms with Crippen LogP contribution in [-0.4, -0.2) is 46.8 Å². The molecule has 1 saturated heterocycles. The van der Waals surface area contributed by atoms with Gasteiger partial charge in [0, 0.05) is 37.9 Å². The third-order valence-corrected chi connectivity index (χ3v) is 5.53. The number of hydrogen-bond donors (Lipinski definition) is 0. The van der Waals surface area contributed by atoms with Crippen molar-refractivity contribution in [1.82, 2.24) is 14.7 Å². The minimum atomic E-state index is -0.213. The smallest absolute Gasteiger partial charge is 0.274 e. The first-order chi connectivity index (χ1) is 14.5. The van der Waals surface area contributed by atoms with E-state index in [0.29, 0.717) is 25.3 Å². The second-order valence-electron chi connectivity index (χ2n) is 7.77. The molecule has 6 heteroatoms. The van der Waals surface area contributed by atoms with Crippen LogP contribution in [0.4, 0.5) is 5.69 Å². The maximum atomic E-state index is 13.0. The summed E-state index contributed by atoms with van der Waals surface area (Å²) in [7, 11) is 0. The Kier molecular flexibility index (Phi) is 5.65. The van der Waals surface area contributed by atoms with E-state index in [1.165, 1.54) is 33.6 Å². The average molecular weight is 402 g/mol. The lowest BCUT2D eigenvalue weighted by Crippen LogP contribution is -2.49. The van der Waals surface area contributed by atoms with E-state index < -0.39 is 0 Å². The molecule has 4 rings (SSSR count). The van der Waals surface area contributed by atoms with Crippen molar-refractivity contribution in [3.05, 3.63) is 93.4 Å². The Bertz CT molecular complexity index is 1100. The lowest BCUT2D eigenvalue weighted by atomic mass is 10.1. The Hall–Kier alpha value is -3.41. The summed E-state index contributed by atoms with van der Waals surface area (Å²) in [5, 5.41) is 4.34. The second kappa shape index (κ2) is 8.53. The molecule has 0 aliphatic carbocycles. The van der Waals surface area contributed by atoms with Gasteiger partial charge in [-0.3, -0.25) is 9.59 Å². The largest absolute Gasteiger partial charge is 0.368 e. The molecule has 1 amide bonds. The molecule has 0 saturated carbocycles. The van der Waals surface area contributed by atoms with Gasteiger partial charge in [0.2, 0.25) is 0 Å². The first-order valence-electron chi connectivity index (χ1n) is 10.2. The molecular formula is C24H26N4O2. The van der Waals surface area contributed by atoms with Crippen LogP contribution in [0.15, 0.2) is 65.5 Å². The Balaban J connectivity index is 1.46. The van der Waals surface area contributed by atoms with Crippen LogP contribution in [0.5, 0.6) is 0 Å². The average Bonchev–Trinajstić information content (AvgIpc) is 2.77. The molecule has 0 radical (unpaired) electrons. The quantitative estimate of drug-likeness (QED) is 0.673. The van der Waals surface area contributed by atoms with Gasteiger partial charge in [-0.1, -0.05) is 42.5 Å². The molecule has 3 aromatic rings. The van der Waals surface area contributed by atoms with Crippen molar-refractivity contribution in [2.45, 2.75) is 20.4 Å². The molecule has 0 N–H and O–H groups in total. The van der Waals surface area contributed by atoms with Crippen molar-refractivity contribution in [2.24, 2.45) is 0 Å². The molecule has 1 aromatic heterocycles. The monoisotopic (exact) mass is 402 g/mol. The van der Waals surface area contributed by atoms with Crippen molar-refractivity contribution in [3.63, 3.8) is 0 Å². The fourth-order valence-corrected chi connectivity index (χ4v) is 3.81. The third kappa shape index (κ3) is 4.27. The van der Waals surface area contributed by atoms with E-state index in [0.717, 1.165) is 18.7 Å². The molecule has 0 spiro atoms. The fraction of sp³-hybridized carbons (Fsp3) is 0.292. The summed E-state index contributed by atoms with van der Waals surface area (Å²) < 4.78 is 1.36. The highest BCUT2D eigenvalue weighted by Gasteiger charge is 2.24. The number of rotatable bonds is 4. The maximum Gasteiger partial charge on any atom is 0.274 e. The fourth-order valence-electron chi connectivity index (χ4n) is 3.81. The topological polar surface area (TPSA) is 58.4 Å². The van der Waals surface area contributed by atoms with Crippen LogP contribution in [0.25, 0.3) is 0 Å². The lowest BCUT2D eigenvalue weighted by Gasteiger charge is -2.36. The van der Waals surface area contributed by atoms with Crippen LogP contribution in [0, 0.1) is 13.8 Å². The lowest BCUT2D eigenvalue weighted by molar-refractivity contribution is 0.0738. The zero-order valence-corrected chi connectivity index (χ0v) is 17.4. The summed E-state index contributed by atoms with van der Waals surface area (Å²) in [6.45, 7) is 7.38. The zero-order chi connectivity index (χ0) is 21.1. The van der Waals surface area contributed by atoms with Gasteiger partial charge in [0.1, 0.15) is 5.69 Å². The molecule has 1 fully saturated rings. The Morgan fingerprint density at radius 1 is 0.933 bits per heavy atom. The van der Waals surface area contributed by atoms with E-state index in [9.17, 15) is 9.59 Å². The van der Waals surface area contributed by atoms with E-state index in [-0.39, 0.29) is 11.5 Å². The first-order valence-corrected chi connectivity index (χ1v) is 10.2. The summed E-state index contributed by atoms with van der Waals surface area (Å²) in [5.41, 5.74) is 4.78. The van der Waals surface area contributed by atoms with Gasteiger partial charge in [-0.2, -0.15) is 5.10 Å². The van der Waals surface area contributed by atoms with Crippen LogP contribution < -0.4 is 10.5 Å². The van der Waals surface area contributed by atoms with E-state index >= 15 is 0 Å². The summed E-state index contributed by atoms with van der Waals surface area (Å²) in [5.74, 6) is -0.127. The number of benzene rings is 2. The number of aryl methyl sites for hydroxylation is 2. The predicted molar refractivity (Wildman–Crippen MR) is 118 cm³/mol. The number of carbonyl (C=O) groups is 1. The molecule has 2 aromatic carbocycles. The summed E-state index contributed by atoms with van der Waals surface area (Å²) in [6, 6.07) is 19.1. The number of amides is 1. The van der Waals surface area contributed by atoms with Crippen LogP contribution in [0.3, 0.4) is 0 Å². The molecular weight excluding hydrogens is 376 g/mol. The van der Waals surface area contributed by atoms with Gasteiger partial charge in [0.15, 0.2) is 0 Å². The Morgan fingerprint density at radius 2 is 1.67 bits per heavy atom. The SMILES string of the molecule is Cc1ccc(C)c(N2CCN(C(=O)c3ccc(=O)n(Cc4ccccc4)n3)CC2)c1. The minimum Gasteiger partial charge on any atom is -0.368 e. The van der Waals surface area contributed by atoms with Gasteiger partial charge < -0.3 is 9.80 Å². The Labute approximate surface area is 176 Å². The van der Waals surface area contributed by atoms with Gasteiger partial charge in [0.05, 0.1) is 6.54 Å². The zero-order valence-electron chi connectivity index (χ0n) is 17.4. The van der Waals surface area contributed by atoms with Gasteiger partial charge in [-0.25, -0.2) is 4.68 Å². The van der Waals surface area contributed by atoms with E-state index in [4.69, 9.17) is 0 Å². The van der Waals surface area contributed by atoms with Gasteiger partial charge >= 0.3 is 0 Å². The molecule has 0 bridgehead atoms. The summed E-state index contributed by atoms with van der Waals surface area (Å²) >= 11 is 0. The molecule has 30 heavy (non-hydrogen) atoms. The van der Waals surface area contributed by atoms with Crippen LogP contribution in [0.1, 0.15) is 27.2 Å². The third-order valence-electron chi connectivity index (χ3n) is 5.53. The number of piperazine rings is 1. The molecule has 154 valence electrons. The molecule has 6 nitrogen and oxygen atoms in total. The maximum absolute atomic E-state index is 13.0. The molecule has 0 unspecified atom stereocenters. The molecule has 1 aliphatic rings. The highest BCUT2D eigenvalue weighted by atomic mass is 16.2. The van der Waals surface area contributed by atoms with Crippen molar-refractivity contribution in [2.75, 3.05) is 31.1 Å². The van der Waals surface area contributed by atoms with Crippen molar-refractivity contribution in [1.29, 1.82) is 0 Å². The van der Waals surface area contributed by atoms with Gasteiger partial charge in [0.25, 0.3) is 11.5 Å². The summed E-state index contributed by atoms with van der Waals surface area (Å²) in [4.78, 5) is 29.4. The van der Waals surface area contributed by atoms with Crippen LogP contribution >= 0.6 is 0 Å². The Morgan fingerprint density at radius 3 is 2.40 bits per heavy atom. The number of hydrogen-bond acceptors (Lipinski definition) is 4. The predicted octanol–water partition coefficient (Wildman–Crippen LogP) is 2.87. The van der Waals surface area contributed by atoms with E-state index in [1.807, 2.05) is 35.2 Å². The van der Waals surface area contributed by atoms with Crippen molar-refractivity contribution in [3.8, 4) is 0 Å². The van der Waals surface area contributed by atoms with Crippen LogP contribution in [0.2, 0.25) is 0 Å².